The molecule has 2 rings (SSSR count). The zero-order valence-corrected chi connectivity index (χ0v) is 8.82. The quantitative estimate of drug-likeness (QED) is 0.619. The van der Waals surface area contributed by atoms with E-state index in [0.29, 0.717) is 0 Å². The van der Waals surface area contributed by atoms with Gasteiger partial charge in [-0.25, -0.2) is 4.98 Å². The van der Waals surface area contributed by atoms with Crippen LogP contribution < -0.4 is 0 Å². The Hall–Kier alpha value is -0.370. The molecule has 0 amide bonds. The molecule has 12 heavy (non-hydrogen) atoms. The van der Waals surface area contributed by atoms with Crippen molar-refractivity contribution in [3.63, 3.8) is 0 Å². The van der Waals surface area contributed by atoms with Gasteiger partial charge in [0.15, 0.2) is 0 Å². The monoisotopic (exact) mass is 225 g/mol. The van der Waals surface area contributed by atoms with Crippen molar-refractivity contribution in [2.24, 2.45) is 0 Å². The van der Waals surface area contributed by atoms with Crippen molar-refractivity contribution >= 4 is 15.9 Å². The van der Waals surface area contributed by atoms with Crippen LogP contribution >= 0.6 is 15.9 Å². The minimum Gasteiger partial charge on any atom is -0.246 e. The Kier molecular flexibility index (Phi) is 2.18. The molecule has 0 atom stereocenters. The topological polar surface area (TPSA) is 12.9 Å². The molecule has 0 radical (unpaired) electrons. The molecular formula is C10H12BrN. The summed E-state index contributed by atoms with van der Waals surface area (Å²) in [4.78, 5) is 4.40. The highest BCUT2D eigenvalue weighted by Crippen LogP contribution is 2.25. The number of pyridine rings is 1. The predicted molar refractivity (Wildman–Crippen MR) is 53.3 cm³/mol. The van der Waals surface area contributed by atoms with Gasteiger partial charge in [0.2, 0.25) is 0 Å². The first kappa shape index (κ1) is 8.24. The molecule has 1 aliphatic rings. The van der Waals surface area contributed by atoms with Crippen molar-refractivity contribution in [1.29, 1.82) is 0 Å². The molecule has 1 aromatic heterocycles. The van der Waals surface area contributed by atoms with Crippen LogP contribution in [-0.2, 0) is 12.8 Å². The van der Waals surface area contributed by atoms with Gasteiger partial charge in [0.1, 0.15) is 4.60 Å². The average molecular weight is 226 g/mol. The van der Waals surface area contributed by atoms with Crippen LogP contribution in [0.15, 0.2) is 10.7 Å². The van der Waals surface area contributed by atoms with Crippen molar-refractivity contribution < 1.29 is 0 Å². The zero-order valence-electron chi connectivity index (χ0n) is 7.23. The second-order valence-corrected chi connectivity index (χ2v) is 4.19. The van der Waals surface area contributed by atoms with Gasteiger partial charge in [-0.2, -0.15) is 0 Å². The number of rotatable bonds is 0. The van der Waals surface area contributed by atoms with Crippen molar-refractivity contribution in [3.05, 3.63) is 27.5 Å². The van der Waals surface area contributed by atoms with Crippen LogP contribution in [0, 0.1) is 6.92 Å². The van der Waals surface area contributed by atoms with Crippen LogP contribution in [0.2, 0.25) is 0 Å². The van der Waals surface area contributed by atoms with E-state index >= 15 is 0 Å². The fraction of sp³-hybridized carbons (Fsp3) is 0.500. The molecule has 0 N–H and O–H groups in total. The second-order valence-electron chi connectivity index (χ2n) is 3.38. The molecule has 0 saturated heterocycles. The van der Waals surface area contributed by atoms with E-state index in [1.165, 1.54) is 42.5 Å². The van der Waals surface area contributed by atoms with Crippen LogP contribution in [0.25, 0.3) is 0 Å². The highest BCUT2D eigenvalue weighted by Gasteiger charge is 2.12. The number of fused-ring (bicyclic) bond motifs is 1. The lowest BCUT2D eigenvalue weighted by atomic mass is 9.91. The number of nitrogens with zero attached hydrogens (tertiary/aromatic N) is 1. The van der Waals surface area contributed by atoms with E-state index in [9.17, 15) is 0 Å². The van der Waals surface area contributed by atoms with E-state index in [1.807, 2.05) is 0 Å². The summed E-state index contributed by atoms with van der Waals surface area (Å²) in [6.45, 7) is 2.11. The van der Waals surface area contributed by atoms with Gasteiger partial charge >= 0.3 is 0 Å². The van der Waals surface area contributed by atoms with E-state index < -0.39 is 0 Å². The predicted octanol–water partition coefficient (Wildman–Crippen LogP) is 3.03. The zero-order chi connectivity index (χ0) is 8.55. The van der Waals surface area contributed by atoms with Gasteiger partial charge in [0, 0.05) is 5.69 Å². The van der Waals surface area contributed by atoms with Crippen LogP contribution in [0.5, 0.6) is 0 Å². The fourth-order valence-electron chi connectivity index (χ4n) is 1.90. The maximum atomic E-state index is 4.40. The number of halogens is 1. The Morgan fingerprint density at radius 2 is 2.08 bits per heavy atom. The summed E-state index contributed by atoms with van der Waals surface area (Å²) in [5.74, 6) is 0. The smallest absolute Gasteiger partial charge is 0.106 e. The van der Waals surface area contributed by atoms with Gasteiger partial charge < -0.3 is 0 Å². The highest BCUT2D eigenvalue weighted by molar-refractivity contribution is 9.10. The molecule has 0 unspecified atom stereocenters. The number of aryl methyl sites for hydroxylation is 2. The molecule has 0 spiro atoms. The Morgan fingerprint density at radius 3 is 2.92 bits per heavy atom. The largest absolute Gasteiger partial charge is 0.246 e. The highest BCUT2D eigenvalue weighted by atomic mass is 79.9. The molecular weight excluding hydrogens is 214 g/mol. The summed E-state index contributed by atoms with van der Waals surface area (Å²) in [5.41, 5.74) is 4.20. The SMILES string of the molecule is Cc1nc(Br)cc2c1CCCC2. The Bertz CT molecular complexity index is 307. The summed E-state index contributed by atoms with van der Waals surface area (Å²) in [6, 6.07) is 2.17. The van der Waals surface area contributed by atoms with Gasteiger partial charge in [0.25, 0.3) is 0 Å². The Balaban J connectivity index is 2.53. The fourth-order valence-corrected chi connectivity index (χ4v) is 2.45. The summed E-state index contributed by atoms with van der Waals surface area (Å²) in [6.07, 6.45) is 5.12. The van der Waals surface area contributed by atoms with Gasteiger partial charge in [-0.1, -0.05) is 0 Å². The molecule has 1 aromatic rings. The van der Waals surface area contributed by atoms with Crippen LogP contribution in [0.3, 0.4) is 0 Å². The van der Waals surface area contributed by atoms with Crippen LogP contribution in [0.1, 0.15) is 29.7 Å². The van der Waals surface area contributed by atoms with E-state index in [1.54, 1.807) is 0 Å². The first-order chi connectivity index (χ1) is 5.77. The van der Waals surface area contributed by atoms with E-state index in [-0.39, 0.29) is 0 Å². The van der Waals surface area contributed by atoms with Crippen molar-refractivity contribution in [2.75, 3.05) is 0 Å². The third-order valence-corrected chi connectivity index (χ3v) is 2.92. The maximum Gasteiger partial charge on any atom is 0.106 e. The standard InChI is InChI=1S/C10H12BrN/c1-7-9-5-3-2-4-8(9)6-10(11)12-7/h6H,2-5H2,1H3. The minimum atomic E-state index is 0.987. The lowest BCUT2D eigenvalue weighted by molar-refractivity contribution is 0.676. The lowest BCUT2D eigenvalue weighted by Gasteiger charge is -2.17. The number of hydrogen-bond acceptors (Lipinski definition) is 1. The van der Waals surface area contributed by atoms with Crippen molar-refractivity contribution in [3.8, 4) is 0 Å². The third kappa shape index (κ3) is 1.40. The van der Waals surface area contributed by atoms with Crippen LogP contribution in [-0.4, -0.2) is 4.98 Å². The lowest BCUT2D eigenvalue weighted by Crippen LogP contribution is -2.06. The third-order valence-electron chi connectivity index (χ3n) is 2.52. The molecule has 64 valence electrons. The number of hydrogen-bond donors (Lipinski definition) is 0. The molecule has 0 bridgehead atoms. The summed E-state index contributed by atoms with van der Waals surface area (Å²) in [7, 11) is 0. The minimum absolute atomic E-state index is 0.987. The number of aromatic nitrogens is 1. The molecule has 0 aliphatic heterocycles. The molecule has 1 nitrogen and oxygen atoms in total. The molecule has 0 saturated carbocycles. The van der Waals surface area contributed by atoms with Crippen molar-refractivity contribution in [1.82, 2.24) is 4.98 Å². The van der Waals surface area contributed by atoms with E-state index in [0.717, 1.165) is 4.60 Å². The molecule has 1 aliphatic carbocycles. The maximum absolute atomic E-state index is 4.40. The summed E-state index contributed by atoms with van der Waals surface area (Å²) in [5, 5.41) is 0. The van der Waals surface area contributed by atoms with E-state index in [4.69, 9.17) is 0 Å². The molecule has 0 fully saturated rings. The molecule has 1 heterocycles. The Morgan fingerprint density at radius 1 is 1.33 bits per heavy atom. The van der Waals surface area contributed by atoms with Gasteiger partial charge in [-0.05, 0) is 65.7 Å². The van der Waals surface area contributed by atoms with Crippen molar-refractivity contribution in [2.45, 2.75) is 32.6 Å². The molecule has 2 heteroatoms. The normalized spacial score (nSPS) is 15.8. The van der Waals surface area contributed by atoms with Crippen LogP contribution in [0.4, 0.5) is 0 Å². The Labute approximate surface area is 81.3 Å². The average Bonchev–Trinajstić information content (AvgIpc) is 2.04. The summed E-state index contributed by atoms with van der Waals surface area (Å²) < 4.78 is 0.987. The molecule has 0 aromatic carbocycles. The summed E-state index contributed by atoms with van der Waals surface area (Å²) >= 11 is 3.43. The van der Waals surface area contributed by atoms with Gasteiger partial charge in [0.05, 0.1) is 0 Å². The first-order valence-electron chi connectivity index (χ1n) is 4.42. The first-order valence-corrected chi connectivity index (χ1v) is 5.21. The van der Waals surface area contributed by atoms with Gasteiger partial charge in [-0.3, -0.25) is 0 Å². The van der Waals surface area contributed by atoms with E-state index in [2.05, 4.69) is 33.9 Å². The van der Waals surface area contributed by atoms with Gasteiger partial charge in [-0.15, -0.1) is 0 Å². The second kappa shape index (κ2) is 3.17.